The van der Waals surface area contributed by atoms with Crippen molar-refractivity contribution in [3.05, 3.63) is 71.3 Å². The van der Waals surface area contributed by atoms with Gasteiger partial charge in [0.1, 0.15) is 11.9 Å². The third-order valence-corrected chi connectivity index (χ3v) is 3.84. The minimum absolute atomic E-state index is 0.222. The second kappa shape index (κ2) is 6.30. The Labute approximate surface area is 134 Å². The molecule has 23 heavy (non-hydrogen) atoms. The molecular weight excluding hydrogens is 293 g/mol. The van der Waals surface area contributed by atoms with Crippen molar-refractivity contribution in [1.29, 1.82) is 0 Å². The van der Waals surface area contributed by atoms with E-state index in [0.29, 0.717) is 11.6 Å². The summed E-state index contributed by atoms with van der Waals surface area (Å²) in [5, 5.41) is 14.9. The average molecular weight is 311 g/mol. The maximum atomic E-state index is 14.1. The first-order valence-electron chi connectivity index (χ1n) is 7.53. The van der Waals surface area contributed by atoms with E-state index in [1.165, 1.54) is 10.7 Å². The Morgan fingerprint density at radius 1 is 1.17 bits per heavy atom. The van der Waals surface area contributed by atoms with E-state index >= 15 is 0 Å². The van der Waals surface area contributed by atoms with Crippen molar-refractivity contribution >= 4 is 0 Å². The maximum Gasteiger partial charge on any atom is 0.181 e. The molecule has 1 heterocycles. The van der Waals surface area contributed by atoms with Crippen LogP contribution < -0.4 is 0 Å². The fourth-order valence-electron chi connectivity index (χ4n) is 2.51. The van der Waals surface area contributed by atoms with Crippen molar-refractivity contribution in [2.24, 2.45) is 7.05 Å². The monoisotopic (exact) mass is 311 g/mol. The standard InChI is InChI=1S/C18H18FN3O/c1-3-12-9-10-15(19)14(11-12)16(23)18-20-17(21-22(18)2)13-7-5-4-6-8-13/h4-11,16,23H,3H2,1-2H3. The van der Waals surface area contributed by atoms with Gasteiger partial charge in [-0.05, 0) is 24.1 Å². The summed E-state index contributed by atoms with van der Waals surface area (Å²) in [7, 11) is 1.69. The number of aryl methyl sites for hydroxylation is 2. The minimum atomic E-state index is -1.16. The molecule has 0 bridgehead atoms. The number of benzene rings is 2. The van der Waals surface area contributed by atoms with Crippen LogP contribution in [0.15, 0.2) is 48.5 Å². The smallest absolute Gasteiger partial charge is 0.181 e. The number of nitrogens with zero attached hydrogens (tertiary/aromatic N) is 3. The third-order valence-electron chi connectivity index (χ3n) is 3.84. The second-order valence-electron chi connectivity index (χ2n) is 5.40. The van der Waals surface area contributed by atoms with E-state index in [1.807, 2.05) is 37.3 Å². The van der Waals surface area contributed by atoms with Gasteiger partial charge in [-0.3, -0.25) is 0 Å². The van der Waals surface area contributed by atoms with Gasteiger partial charge in [0.2, 0.25) is 0 Å². The maximum absolute atomic E-state index is 14.1. The number of aliphatic hydroxyl groups excluding tert-OH is 1. The highest BCUT2D eigenvalue weighted by atomic mass is 19.1. The molecule has 0 fully saturated rings. The first kappa shape index (κ1) is 15.4. The third kappa shape index (κ3) is 3.00. The van der Waals surface area contributed by atoms with Crippen molar-refractivity contribution in [1.82, 2.24) is 14.8 Å². The molecule has 1 aromatic heterocycles. The molecule has 1 unspecified atom stereocenters. The predicted molar refractivity (Wildman–Crippen MR) is 86.3 cm³/mol. The summed E-state index contributed by atoms with van der Waals surface area (Å²) >= 11 is 0. The number of hydrogen-bond donors (Lipinski definition) is 1. The zero-order chi connectivity index (χ0) is 16.4. The second-order valence-corrected chi connectivity index (χ2v) is 5.40. The van der Waals surface area contributed by atoms with E-state index < -0.39 is 11.9 Å². The highest BCUT2D eigenvalue weighted by Crippen LogP contribution is 2.26. The van der Waals surface area contributed by atoms with Gasteiger partial charge in [0.05, 0.1) is 0 Å². The molecule has 0 spiro atoms. The van der Waals surface area contributed by atoms with Crippen molar-refractivity contribution in [3.8, 4) is 11.4 Å². The molecule has 0 aliphatic carbocycles. The molecule has 4 nitrogen and oxygen atoms in total. The number of halogens is 1. The lowest BCUT2D eigenvalue weighted by Gasteiger charge is -2.12. The summed E-state index contributed by atoms with van der Waals surface area (Å²) in [5.41, 5.74) is 2.04. The molecule has 1 N–H and O–H groups in total. The van der Waals surface area contributed by atoms with Crippen molar-refractivity contribution in [2.45, 2.75) is 19.4 Å². The van der Waals surface area contributed by atoms with Gasteiger partial charge in [0, 0.05) is 18.2 Å². The molecule has 0 radical (unpaired) electrons. The van der Waals surface area contributed by atoms with Gasteiger partial charge in [-0.15, -0.1) is 0 Å². The van der Waals surface area contributed by atoms with Gasteiger partial charge < -0.3 is 5.11 Å². The molecule has 2 aromatic carbocycles. The molecule has 0 aliphatic heterocycles. The topological polar surface area (TPSA) is 50.9 Å². The first-order chi connectivity index (χ1) is 11.1. The van der Waals surface area contributed by atoms with Crippen molar-refractivity contribution in [2.75, 3.05) is 0 Å². The Kier molecular flexibility index (Phi) is 4.21. The number of aromatic nitrogens is 3. The highest BCUT2D eigenvalue weighted by molar-refractivity contribution is 5.54. The van der Waals surface area contributed by atoms with E-state index in [2.05, 4.69) is 10.1 Å². The zero-order valence-corrected chi connectivity index (χ0v) is 13.1. The summed E-state index contributed by atoms with van der Waals surface area (Å²) in [6.45, 7) is 1.99. The lowest BCUT2D eigenvalue weighted by molar-refractivity contribution is 0.199. The van der Waals surface area contributed by atoms with Crippen LogP contribution in [0.3, 0.4) is 0 Å². The SMILES string of the molecule is CCc1ccc(F)c(C(O)c2nc(-c3ccccc3)nn2C)c1. The molecule has 1 atom stereocenters. The molecule has 0 amide bonds. The van der Waals surface area contributed by atoms with E-state index in [1.54, 1.807) is 19.2 Å². The van der Waals surface area contributed by atoms with Crippen LogP contribution in [0.4, 0.5) is 4.39 Å². The van der Waals surface area contributed by atoms with Crippen LogP contribution in [0.5, 0.6) is 0 Å². The van der Waals surface area contributed by atoms with Gasteiger partial charge in [0.15, 0.2) is 11.6 Å². The summed E-state index contributed by atoms with van der Waals surface area (Å²) < 4.78 is 15.6. The van der Waals surface area contributed by atoms with E-state index in [9.17, 15) is 9.50 Å². The zero-order valence-electron chi connectivity index (χ0n) is 13.1. The summed E-state index contributed by atoms with van der Waals surface area (Å²) in [6, 6.07) is 14.3. The van der Waals surface area contributed by atoms with Crippen molar-refractivity contribution in [3.63, 3.8) is 0 Å². The molecule has 118 valence electrons. The lowest BCUT2D eigenvalue weighted by Crippen LogP contribution is -2.10. The van der Waals surface area contributed by atoms with Crippen LogP contribution >= 0.6 is 0 Å². The Morgan fingerprint density at radius 3 is 2.61 bits per heavy atom. The van der Waals surface area contributed by atoms with Crippen LogP contribution in [0.2, 0.25) is 0 Å². The number of hydrogen-bond acceptors (Lipinski definition) is 3. The Bertz CT molecular complexity index is 814. The summed E-state index contributed by atoms with van der Waals surface area (Å²) in [4.78, 5) is 4.39. The van der Waals surface area contributed by atoms with Crippen LogP contribution in [0.1, 0.15) is 30.0 Å². The average Bonchev–Trinajstić information content (AvgIpc) is 2.97. The van der Waals surface area contributed by atoms with E-state index in [-0.39, 0.29) is 5.56 Å². The Hall–Kier alpha value is -2.53. The summed E-state index contributed by atoms with van der Waals surface area (Å²) in [5.74, 6) is 0.379. The van der Waals surface area contributed by atoms with E-state index in [4.69, 9.17) is 0 Å². The van der Waals surface area contributed by atoms with E-state index in [0.717, 1.165) is 17.5 Å². The van der Waals surface area contributed by atoms with Gasteiger partial charge in [-0.25, -0.2) is 14.1 Å². The Morgan fingerprint density at radius 2 is 1.91 bits per heavy atom. The van der Waals surface area contributed by atoms with Gasteiger partial charge in [-0.1, -0.05) is 43.3 Å². The Balaban J connectivity index is 2.00. The van der Waals surface area contributed by atoms with Crippen LogP contribution in [-0.4, -0.2) is 19.9 Å². The van der Waals surface area contributed by atoms with Gasteiger partial charge >= 0.3 is 0 Å². The first-order valence-corrected chi connectivity index (χ1v) is 7.53. The minimum Gasteiger partial charge on any atom is -0.380 e. The number of rotatable bonds is 4. The van der Waals surface area contributed by atoms with Crippen molar-refractivity contribution < 1.29 is 9.50 Å². The highest BCUT2D eigenvalue weighted by Gasteiger charge is 2.22. The van der Waals surface area contributed by atoms with Crippen LogP contribution in [0, 0.1) is 5.82 Å². The molecule has 0 saturated carbocycles. The molecule has 0 aliphatic rings. The number of aliphatic hydroxyl groups is 1. The predicted octanol–water partition coefficient (Wildman–Crippen LogP) is 3.27. The lowest BCUT2D eigenvalue weighted by atomic mass is 10.0. The molecule has 0 saturated heterocycles. The van der Waals surface area contributed by atoms with Crippen LogP contribution in [-0.2, 0) is 13.5 Å². The molecule has 3 aromatic rings. The molecular formula is C18H18FN3O. The summed E-state index contributed by atoms with van der Waals surface area (Å²) in [6.07, 6.45) is -0.384. The molecule has 3 rings (SSSR count). The normalized spacial score (nSPS) is 12.3. The largest absolute Gasteiger partial charge is 0.380 e. The van der Waals surface area contributed by atoms with Crippen LogP contribution in [0.25, 0.3) is 11.4 Å². The van der Waals surface area contributed by atoms with Gasteiger partial charge in [0.25, 0.3) is 0 Å². The fraction of sp³-hybridized carbons (Fsp3) is 0.222. The fourth-order valence-corrected chi connectivity index (χ4v) is 2.51. The van der Waals surface area contributed by atoms with Gasteiger partial charge in [-0.2, -0.15) is 5.10 Å². The quantitative estimate of drug-likeness (QED) is 0.804. The molecule has 5 heteroatoms.